The summed E-state index contributed by atoms with van der Waals surface area (Å²) in [6.07, 6.45) is 1.56. The van der Waals surface area contributed by atoms with E-state index in [0.29, 0.717) is 57.6 Å². The number of carbonyl (C=O) groups excluding carboxylic acids is 2. The van der Waals surface area contributed by atoms with Crippen LogP contribution in [0.4, 0.5) is 0 Å². The van der Waals surface area contributed by atoms with Gasteiger partial charge in [0.15, 0.2) is 12.2 Å². The number of halogens is 4. The van der Waals surface area contributed by atoms with Crippen LogP contribution in [0.15, 0.2) is 24.3 Å². The standard InChI is InChI=1S/C52H80Cl4N6O14S2/c1-61-31-43(41-27-37(53)29-47(55)45(41)33-61)35-3-7-39(8-4-35)77(67,68)59-13-17-73-21-25-75-23-19-71-15-11-57-51(65)49(63)50(64)52(66)58-12-16-72-20-24-76-26-22-74-18-14-60-78(69,70)40-9-5-36(6-10-40)44-32-62(2)34-46-42(44)28-38(54)30-48(46)56/h27-30,35-36,39-40,43-44,49-50,59-60,63-64H,3-26,31-34H2,1-2H3,(H,57,65)(H,58,66)/t35?,36?,39?,40?,43-,44-,49?,50?/m1/s1. The molecule has 0 radical (unpaired) electrons. The number of nitrogens with zero attached hydrogens (tertiary/aromatic N) is 2. The molecule has 2 aliphatic carbocycles. The first-order chi connectivity index (χ1) is 37.3. The second-order valence-electron chi connectivity index (χ2n) is 20.6. The average molecular weight is 1220 g/mol. The fourth-order valence-electron chi connectivity index (χ4n) is 11.0. The van der Waals surface area contributed by atoms with Crippen LogP contribution in [0.1, 0.15) is 85.5 Å². The van der Waals surface area contributed by atoms with E-state index in [-0.39, 0.29) is 117 Å². The summed E-state index contributed by atoms with van der Waals surface area (Å²) < 4.78 is 90.5. The molecule has 2 aromatic rings. The molecule has 78 heavy (non-hydrogen) atoms. The normalized spacial score (nSPS) is 23.1. The van der Waals surface area contributed by atoms with Gasteiger partial charge < -0.3 is 59.1 Å². The molecule has 0 saturated heterocycles. The van der Waals surface area contributed by atoms with Crippen molar-refractivity contribution in [1.29, 1.82) is 0 Å². The molecule has 20 nitrogen and oxygen atoms in total. The number of hydrogen-bond donors (Lipinski definition) is 6. The van der Waals surface area contributed by atoms with Gasteiger partial charge in [-0.3, -0.25) is 9.59 Å². The molecule has 0 aromatic heterocycles. The molecule has 2 aliphatic heterocycles. The van der Waals surface area contributed by atoms with Crippen molar-refractivity contribution in [3.05, 3.63) is 66.6 Å². The van der Waals surface area contributed by atoms with Crippen molar-refractivity contribution in [2.45, 2.75) is 99.0 Å². The number of carbonyl (C=O) groups is 2. The fraction of sp³-hybridized carbons (Fsp3) is 0.731. The molecule has 2 aromatic carbocycles. The maximum Gasteiger partial charge on any atom is 0.252 e. The third-order valence-corrected chi connectivity index (χ3v) is 20.1. The van der Waals surface area contributed by atoms with E-state index in [1.807, 2.05) is 12.1 Å². The van der Waals surface area contributed by atoms with Crippen LogP contribution in [0.25, 0.3) is 0 Å². The number of fused-ring (bicyclic) bond motifs is 2. The lowest BCUT2D eigenvalue weighted by atomic mass is 9.74. The highest BCUT2D eigenvalue weighted by molar-refractivity contribution is 7.90. The Hall–Kier alpha value is -2.04. The van der Waals surface area contributed by atoms with Crippen LogP contribution in [0, 0.1) is 11.8 Å². The first-order valence-corrected chi connectivity index (χ1v) is 31.6. The Balaban J connectivity index is 0.682. The van der Waals surface area contributed by atoms with E-state index in [1.54, 1.807) is 12.1 Å². The van der Waals surface area contributed by atoms with Gasteiger partial charge in [-0.2, -0.15) is 0 Å². The zero-order valence-electron chi connectivity index (χ0n) is 44.7. The van der Waals surface area contributed by atoms with E-state index < -0.39 is 54.6 Å². The summed E-state index contributed by atoms with van der Waals surface area (Å²) in [5, 5.41) is 26.8. The summed E-state index contributed by atoms with van der Waals surface area (Å²) in [5.74, 6) is -0.685. The van der Waals surface area contributed by atoms with E-state index in [0.717, 1.165) is 63.0 Å². The number of likely N-dealkylation sites (N-methyl/N-ethyl adjacent to an activating group) is 2. The molecule has 6 N–H and O–H groups in total. The van der Waals surface area contributed by atoms with Crippen LogP contribution < -0.4 is 20.1 Å². The van der Waals surface area contributed by atoms with E-state index in [2.05, 4.69) is 44.0 Å². The molecule has 2 heterocycles. The summed E-state index contributed by atoms with van der Waals surface area (Å²) in [4.78, 5) is 29.1. The first-order valence-electron chi connectivity index (χ1n) is 27.0. The maximum absolute atomic E-state index is 13.1. The van der Waals surface area contributed by atoms with Gasteiger partial charge in [0.1, 0.15) is 0 Å². The van der Waals surface area contributed by atoms with Crippen molar-refractivity contribution < 1.29 is 65.1 Å². The molecule has 2 fully saturated rings. The van der Waals surface area contributed by atoms with E-state index in [1.165, 1.54) is 11.1 Å². The van der Waals surface area contributed by atoms with Gasteiger partial charge in [0.2, 0.25) is 20.0 Å². The Labute approximate surface area is 480 Å². The van der Waals surface area contributed by atoms with Gasteiger partial charge in [-0.05, 0) is 136 Å². The Morgan fingerprint density at radius 3 is 1.15 bits per heavy atom. The number of sulfonamides is 2. The molecule has 6 rings (SSSR count). The van der Waals surface area contributed by atoms with Crippen molar-refractivity contribution >= 4 is 78.3 Å². The Morgan fingerprint density at radius 2 is 0.821 bits per heavy atom. The second kappa shape index (κ2) is 32.7. The van der Waals surface area contributed by atoms with Gasteiger partial charge >= 0.3 is 0 Å². The lowest BCUT2D eigenvalue weighted by molar-refractivity contribution is -0.146. The molecular formula is C52H80Cl4N6O14S2. The molecular weight excluding hydrogens is 1140 g/mol. The van der Waals surface area contributed by atoms with Gasteiger partial charge in [0.05, 0.1) is 89.8 Å². The fourth-order valence-corrected chi connectivity index (χ4v) is 15.1. The Morgan fingerprint density at radius 1 is 0.513 bits per heavy atom. The average Bonchev–Trinajstić information content (AvgIpc) is 3.47. The molecule has 2 saturated carbocycles. The highest BCUT2D eigenvalue weighted by atomic mass is 35.5. The minimum Gasteiger partial charge on any atom is -0.380 e. The minimum absolute atomic E-state index is 0.0106. The number of ether oxygens (including phenoxy) is 6. The highest BCUT2D eigenvalue weighted by Crippen LogP contribution is 2.45. The summed E-state index contributed by atoms with van der Waals surface area (Å²) in [6, 6.07) is 7.61. The quantitative estimate of drug-likeness (QED) is 0.0551. The molecule has 442 valence electrons. The van der Waals surface area contributed by atoms with Crippen molar-refractivity contribution in [2.24, 2.45) is 11.8 Å². The topological polar surface area (TPSA) is 253 Å². The zero-order valence-corrected chi connectivity index (χ0v) is 49.4. The summed E-state index contributed by atoms with van der Waals surface area (Å²) in [7, 11) is -2.84. The summed E-state index contributed by atoms with van der Waals surface area (Å²) >= 11 is 25.8. The predicted molar refractivity (Wildman–Crippen MR) is 299 cm³/mol. The third-order valence-electron chi connectivity index (χ3n) is 15.0. The summed E-state index contributed by atoms with van der Waals surface area (Å²) in [5.41, 5.74) is 4.59. The maximum atomic E-state index is 13.1. The van der Waals surface area contributed by atoms with Crippen LogP contribution >= 0.6 is 46.4 Å². The molecule has 2 amide bonds. The third kappa shape index (κ3) is 20.1. The van der Waals surface area contributed by atoms with Crippen molar-refractivity contribution in [2.75, 3.05) is 133 Å². The van der Waals surface area contributed by atoms with E-state index in [9.17, 15) is 36.6 Å². The van der Waals surface area contributed by atoms with Crippen molar-refractivity contribution in [3.63, 3.8) is 0 Å². The number of aliphatic hydroxyl groups is 2. The second-order valence-corrected chi connectivity index (χ2v) is 26.4. The number of nitrogens with one attached hydrogen (secondary N) is 4. The summed E-state index contributed by atoms with van der Waals surface area (Å²) in [6.45, 7) is 6.14. The van der Waals surface area contributed by atoms with Crippen molar-refractivity contribution in [3.8, 4) is 0 Å². The van der Waals surface area contributed by atoms with E-state index >= 15 is 0 Å². The first kappa shape index (κ1) is 65.1. The largest absolute Gasteiger partial charge is 0.380 e. The molecule has 26 heteroatoms. The number of aliphatic hydroxyl groups excluding tert-OH is 2. The molecule has 4 atom stereocenters. The Bertz CT molecular complexity index is 2270. The number of benzene rings is 2. The van der Waals surface area contributed by atoms with Crippen molar-refractivity contribution in [1.82, 2.24) is 29.9 Å². The van der Waals surface area contributed by atoms with Gasteiger partial charge in [-0.15, -0.1) is 0 Å². The Kier molecular flexibility index (Phi) is 27.3. The van der Waals surface area contributed by atoms with Crippen LogP contribution in [-0.4, -0.2) is 204 Å². The van der Waals surface area contributed by atoms with Gasteiger partial charge in [0, 0.05) is 72.4 Å². The molecule has 0 spiro atoms. The SMILES string of the molecule is CN1Cc2c(Cl)cc(Cl)cc2[C@@H](C2CCC(S(=O)(=O)NCCOCCOCCOCCNC(=O)C(O)C(O)C(=O)NCCOCCOCCOCCNS(=O)(=O)C3CCC([C@H]4CN(C)Cc5c(Cl)cc(Cl)cc54)CC3)CC2)C1. The van der Waals surface area contributed by atoms with Crippen LogP contribution in [0.5, 0.6) is 0 Å². The number of amides is 2. The smallest absolute Gasteiger partial charge is 0.252 e. The van der Waals surface area contributed by atoms with Crippen LogP contribution in [0.3, 0.4) is 0 Å². The zero-order chi connectivity index (χ0) is 56.2. The minimum atomic E-state index is -3.50. The lowest BCUT2D eigenvalue weighted by Crippen LogP contribution is -2.50. The molecule has 2 unspecified atom stereocenters. The predicted octanol–water partition coefficient (Wildman–Crippen LogP) is 4.07. The lowest BCUT2D eigenvalue weighted by Gasteiger charge is -2.40. The highest BCUT2D eigenvalue weighted by Gasteiger charge is 2.39. The van der Waals surface area contributed by atoms with Gasteiger partial charge in [-0.1, -0.05) is 46.4 Å². The van der Waals surface area contributed by atoms with Crippen LogP contribution in [-0.2, 0) is 71.1 Å². The van der Waals surface area contributed by atoms with Gasteiger partial charge in [-0.25, -0.2) is 26.3 Å². The monoisotopic (exact) mass is 1220 g/mol. The number of rotatable bonds is 33. The molecule has 0 bridgehead atoms. The van der Waals surface area contributed by atoms with Gasteiger partial charge in [0.25, 0.3) is 11.8 Å². The number of hydrogen-bond acceptors (Lipinski definition) is 16. The molecule has 4 aliphatic rings. The van der Waals surface area contributed by atoms with E-state index in [4.69, 9.17) is 74.8 Å². The van der Waals surface area contributed by atoms with Crippen LogP contribution in [0.2, 0.25) is 20.1 Å².